The highest BCUT2D eigenvalue weighted by molar-refractivity contribution is 5.89. The van der Waals surface area contributed by atoms with E-state index in [0.29, 0.717) is 12.1 Å². The van der Waals surface area contributed by atoms with Crippen molar-refractivity contribution in [2.24, 2.45) is 0 Å². The summed E-state index contributed by atoms with van der Waals surface area (Å²) in [5.74, 6) is -0.856. The minimum atomic E-state index is -0.856. The molecule has 0 aliphatic carbocycles. The number of benzene rings is 1. The zero-order valence-corrected chi connectivity index (χ0v) is 11.0. The molecule has 0 bridgehead atoms. The molecule has 0 saturated carbocycles. The Hall–Kier alpha value is -1.35. The maximum absolute atomic E-state index is 11.1. The summed E-state index contributed by atoms with van der Waals surface area (Å²) in [4.78, 5) is 13.4. The second kappa shape index (κ2) is 5.32. The van der Waals surface area contributed by atoms with E-state index in [9.17, 15) is 4.79 Å². The zero-order valence-electron chi connectivity index (χ0n) is 11.0. The van der Waals surface area contributed by atoms with Gasteiger partial charge in [0.15, 0.2) is 0 Å². The molecule has 0 unspecified atom stereocenters. The first-order chi connectivity index (χ1) is 7.86. The van der Waals surface area contributed by atoms with E-state index in [2.05, 4.69) is 32.6 Å². The molecular formula is C14H21NO2. The van der Waals surface area contributed by atoms with Crippen LogP contribution in [0.3, 0.4) is 0 Å². The number of nitrogens with zero attached hydrogens (tertiary/aromatic N) is 1. The van der Waals surface area contributed by atoms with Crippen LogP contribution >= 0.6 is 0 Å². The second-order valence-electron chi connectivity index (χ2n) is 5.15. The molecule has 0 heterocycles. The quantitative estimate of drug-likeness (QED) is 0.872. The standard InChI is InChI=1S/C14H21NO2/c1-5-15(14(2,3)4)10-11-8-6-7-9-12(11)13(16)17/h6-9H,5,10H2,1-4H3,(H,16,17). The molecule has 3 nitrogen and oxygen atoms in total. The third-order valence-corrected chi connectivity index (χ3v) is 2.94. The summed E-state index contributed by atoms with van der Waals surface area (Å²) < 4.78 is 0. The largest absolute Gasteiger partial charge is 0.478 e. The fourth-order valence-corrected chi connectivity index (χ4v) is 1.90. The smallest absolute Gasteiger partial charge is 0.336 e. The van der Waals surface area contributed by atoms with Gasteiger partial charge in [-0.25, -0.2) is 4.79 Å². The number of carboxylic acid groups (broad SMARTS) is 1. The van der Waals surface area contributed by atoms with Crippen molar-refractivity contribution in [2.75, 3.05) is 6.54 Å². The van der Waals surface area contributed by atoms with Crippen LogP contribution in [0, 0.1) is 0 Å². The van der Waals surface area contributed by atoms with E-state index in [0.717, 1.165) is 12.1 Å². The lowest BCUT2D eigenvalue weighted by molar-refractivity contribution is 0.0691. The van der Waals surface area contributed by atoms with Crippen LogP contribution in [0.1, 0.15) is 43.6 Å². The van der Waals surface area contributed by atoms with Gasteiger partial charge in [-0.1, -0.05) is 25.1 Å². The lowest BCUT2D eigenvalue weighted by Crippen LogP contribution is -2.40. The van der Waals surface area contributed by atoms with E-state index in [4.69, 9.17) is 5.11 Å². The molecular weight excluding hydrogens is 214 g/mol. The monoisotopic (exact) mass is 235 g/mol. The molecule has 94 valence electrons. The molecule has 1 aromatic rings. The number of hydrogen-bond donors (Lipinski definition) is 1. The first kappa shape index (κ1) is 13.7. The molecule has 0 atom stereocenters. The summed E-state index contributed by atoms with van der Waals surface area (Å²) in [6.07, 6.45) is 0. The van der Waals surface area contributed by atoms with Gasteiger partial charge in [0.05, 0.1) is 5.56 Å². The van der Waals surface area contributed by atoms with Gasteiger partial charge in [-0.05, 0) is 38.9 Å². The van der Waals surface area contributed by atoms with Crippen LogP contribution in [0.15, 0.2) is 24.3 Å². The number of carbonyl (C=O) groups is 1. The predicted molar refractivity (Wildman–Crippen MR) is 69.2 cm³/mol. The fourth-order valence-electron chi connectivity index (χ4n) is 1.90. The van der Waals surface area contributed by atoms with Gasteiger partial charge in [0, 0.05) is 12.1 Å². The highest BCUT2D eigenvalue weighted by Gasteiger charge is 2.21. The highest BCUT2D eigenvalue weighted by Crippen LogP contribution is 2.19. The van der Waals surface area contributed by atoms with E-state index in [1.807, 2.05) is 12.1 Å². The van der Waals surface area contributed by atoms with Crippen LogP contribution in [-0.2, 0) is 6.54 Å². The Morgan fingerprint density at radius 2 is 1.88 bits per heavy atom. The molecule has 0 aliphatic heterocycles. The van der Waals surface area contributed by atoms with Crippen molar-refractivity contribution in [3.05, 3.63) is 35.4 Å². The summed E-state index contributed by atoms with van der Waals surface area (Å²) in [7, 11) is 0. The van der Waals surface area contributed by atoms with Crippen molar-refractivity contribution < 1.29 is 9.90 Å². The highest BCUT2D eigenvalue weighted by atomic mass is 16.4. The van der Waals surface area contributed by atoms with Gasteiger partial charge in [0.2, 0.25) is 0 Å². The Bertz CT molecular complexity index is 393. The van der Waals surface area contributed by atoms with Gasteiger partial charge in [0.25, 0.3) is 0 Å². The van der Waals surface area contributed by atoms with Crippen LogP contribution in [-0.4, -0.2) is 28.1 Å². The molecule has 17 heavy (non-hydrogen) atoms. The van der Waals surface area contributed by atoms with Crippen LogP contribution in [0.5, 0.6) is 0 Å². The van der Waals surface area contributed by atoms with Crippen molar-refractivity contribution in [3.8, 4) is 0 Å². The van der Waals surface area contributed by atoms with Gasteiger partial charge in [0.1, 0.15) is 0 Å². The number of carboxylic acids is 1. The van der Waals surface area contributed by atoms with Crippen LogP contribution in [0.25, 0.3) is 0 Å². The lowest BCUT2D eigenvalue weighted by atomic mass is 10.0. The molecule has 0 radical (unpaired) electrons. The fraction of sp³-hybridized carbons (Fsp3) is 0.500. The number of aromatic carboxylic acids is 1. The van der Waals surface area contributed by atoms with Gasteiger partial charge >= 0.3 is 5.97 Å². The van der Waals surface area contributed by atoms with Crippen molar-refractivity contribution in [1.29, 1.82) is 0 Å². The van der Waals surface area contributed by atoms with Crippen molar-refractivity contribution in [2.45, 2.75) is 39.8 Å². The Labute approximate surface area is 103 Å². The summed E-state index contributed by atoms with van der Waals surface area (Å²) >= 11 is 0. The average Bonchev–Trinajstić information content (AvgIpc) is 2.24. The van der Waals surface area contributed by atoms with Gasteiger partial charge in [-0.3, -0.25) is 4.90 Å². The van der Waals surface area contributed by atoms with E-state index in [1.54, 1.807) is 12.1 Å². The lowest BCUT2D eigenvalue weighted by Gasteiger charge is -2.35. The normalized spacial score (nSPS) is 11.8. The molecule has 0 fully saturated rings. The van der Waals surface area contributed by atoms with E-state index >= 15 is 0 Å². The molecule has 0 amide bonds. The Morgan fingerprint density at radius 3 is 2.35 bits per heavy atom. The second-order valence-corrected chi connectivity index (χ2v) is 5.15. The van der Waals surface area contributed by atoms with Crippen LogP contribution < -0.4 is 0 Å². The first-order valence-corrected chi connectivity index (χ1v) is 5.92. The summed E-state index contributed by atoms with van der Waals surface area (Å²) in [6, 6.07) is 7.20. The van der Waals surface area contributed by atoms with Gasteiger partial charge in [-0.15, -0.1) is 0 Å². The van der Waals surface area contributed by atoms with E-state index in [-0.39, 0.29) is 5.54 Å². The van der Waals surface area contributed by atoms with Crippen LogP contribution in [0.2, 0.25) is 0 Å². The van der Waals surface area contributed by atoms with Crippen molar-refractivity contribution in [1.82, 2.24) is 4.90 Å². The maximum Gasteiger partial charge on any atom is 0.336 e. The summed E-state index contributed by atoms with van der Waals surface area (Å²) in [6.45, 7) is 10.1. The van der Waals surface area contributed by atoms with Crippen molar-refractivity contribution >= 4 is 5.97 Å². The Morgan fingerprint density at radius 1 is 1.29 bits per heavy atom. The molecule has 3 heteroatoms. The topological polar surface area (TPSA) is 40.5 Å². The third kappa shape index (κ3) is 3.56. The van der Waals surface area contributed by atoms with E-state index < -0.39 is 5.97 Å². The SMILES string of the molecule is CCN(Cc1ccccc1C(=O)O)C(C)(C)C. The van der Waals surface area contributed by atoms with Gasteiger partial charge < -0.3 is 5.11 Å². The first-order valence-electron chi connectivity index (χ1n) is 5.92. The molecule has 1 rings (SSSR count). The van der Waals surface area contributed by atoms with Crippen LogP contribution in [0.4, 0.5) is 0 Å². The van der Waals surface area contributed by atoms with E-state index in [1.165, 1.54) is 0 Å². The molecule has 0 spiro atoms. The number of hydrogen-bond acceptors (Lipinski definition) is 2. The molecule has 1 aromatic carbocycles. The molecule has 1 N–H and O–H groups in total. The third-order valence-electron chi connectivity index (χ3n) is 2.94. The average molecular weight is 235 g/mol. The Kier molecular flexibility index (Phi) is 4.29. The maximum atomic E-state index is 11.1. The minimum Gasteiger partial charge on any atom is -0.478 e. The predicted octanol–water partition coefficient (Wildman–Crippen LogP) is 3.01. The number of rotatable bonds is 4. The molecule has 0 aliphatic rings. The molecule has 0 saturated heterocycles. The van der Waals surface area contributed by atoms with Gasteiger partial charge in [-0.2, -0.15) is 0 Å². The summed E-state index contributed by atoms with van der Waals surface area (Å²) in [5, 5.41) is 9.14. The van der Waals surface area contributed by atoms with Crippen molar-refractivity contribution in [3.63, 3.8) is 0 Å². The molecule has 0 aromatic heterocycles. The zero-order chi connectivity index (χ0) is 13.1. The minimum absolute atomic E-state index is 0.0420. The Balaban J connectivity index is 2.98. The summed E-state index contributed by atoms with van der Waals surface area (Å²) in [5.41, 5.74) is 1.31.